The predicted octanol–water partition coefficient (Wildman–Crippen LogP) is 5.98. The van der Waals surface area contributed by atoms with Gasteiger partial charge in [-0.1, -0.05) is 34.6 Å². The van der Waals surface area contributed by atoms with Crippen LogP contribution in [0, 0.1) is 50.7 Å². The fourth-order valence-electron chi connectivity index (χ4n) is 14.1. The molecule has 0 aromatic rings. The van der Waals surface area contributed by atoms with Crippen molar-refractivity contribution < 1.29 is 29.2 Å². The summed E-state index contributed by atoms with van der Waals surface area (Å²) in [6.07, 6.45) is 9.41. The molecule has 14 unspecified atom stereocenters. The lowest BCUT2D eigenvalue weighted by atomic mass is 9.41. The molecule has 0 amide bonds. The smallest absolute Gasteiger partial charge is 0.323 e. The minimum absolute atomic E-state index is 0.000590. The van der Waals surface area contributed by atoms with Crippen LogP contribution in [0.25, 0.3) is 0 Å². The third-order valence-corrected chi connectivity index (χ3v) is 16.2. The Hall–Kier alpha value is -0.730. The number of ether oxygens (including phenoxy) is 3. The molecule has 0 aromatic heterocycles. The zero-order valence-corrected chi connectivity index (χ0v) is 29.7. The number of aliphatic hydroxyl groups is 2. The molecule has 5 aliphatic carbocycles. The fraction of sp³-hybridized carbons (Fsp3) is 0.974. The van der Waals surface area contributed by atoms with Gasteiger partial charge >= 0.3 is 5.97 Å². The lowest BCUT2D eigenvalue weighted by Crippen LogP contribution is -2.60. The molecule has 0 aromatic carbocycles. The molecule has 14 atom stereocenters. The Kier molecular flexibility index (Phi) is 7.57. The average molecular weight is 630 g/mol. The van der Waals surface area contributed by atoms with Gasteiger partial charge in [-0.3, -0.25) is 9.69 Å². The Balaban J connectivity index is 1.15. The molecule has 2 N–H and O–H groups in total. The summed E-state index contributed by atoms with van der Waals surface area (Å²) >= 11 is 0. The van der Waals surface area contributed by atoms with E-state index >= 15 is 0 Å². The molecular weight excluding hydrogens is 566 g/mol. The Bertz CT molecular complexity index is 1180. The SMILES string of the molecule is CCOC(C1CC(C)C2C(O1)C(O)C1(C)C3CCC4C(C)(C)C(OC(=O)C5CCCN5C)CCC45CC35CCC21C)C(C)(C)O. The van der Waals surface area contributed by atoms with E-state index in [2.05, 4.69) is 46.6 Å². The van der Waals surface area contributed by atoms with Gasteiger partial charge in [-0.25, -0.2) is 0 Å². The summed E-state index contributed by atoms with van der Waals surface area (Å²) in [4.78, 5) is 15.5. The van der Waals surface area contributed by atoms with E-state index in [0.717, 1.165) is 57.9 Å². The van der Waals surface area contributed by atoms with Crippen molar-refractivity contribution in [2.75, 3.05) is 20.2 Å². The Labute approximate surface area is 272 Å². The molecule has 2 spiro atoms. The molecule has 45 heavy (non-hydrogen) atoms. The summed E-state index contributed by atoms with van der Waals surface area (Å²) in [5.41, 5.74) is -0.749. The number of aliphatic hydroxyl groups excluding tert-OH is 1. The van der Waals surface area contributed by atoms with E-state index in [1.54, 1.807) is 0 Å². The van der Waals surface area contributed by atoms with Gasteiger partial charge in [0, 0.05) is 17.4 Å². The highest BCUT2D eigenvalue weighted by atomic mass is 16.6. The standard InChI is InChI=1S/C38H63NO6/c1-10-43-31(34(5,6)42)24-20-22(2)28-29(44-24)30(40)36(8)26-14-13-25-33(3,4)27(45-32(41)23-12-11-19-39(23)9)15-16-37(25)21-38(26,37)18-17-35(28,36)7/h22-31,40,42H,10-21H2,1-9H3. The first-order valence-electron chi connectivity index (χ1n) is 18.6. The zero-order valence-electron chi connectivity index (χ0n) is 29.7. The minimum Gasteiger partial charge on any atom is -0.461 e. The monoisotopic (exact) mass is 629 g/mol. The maximum Gasteiger partial charge on any atom is 0.323 e. The highest BCUT2D eigenvalue weighted by Crippen LogP contribution is 2.89. The number of hydrogen-bond donors (Lipinski definition) is 2. The van der Waals surface area contributed by atoms with Crippen molar-refractivity contribution in [3.63, 3.8) is 0 Å². The molecule has 7 rings (SSSR count). The molecular formula is C38H63NO6. The number of rotatable bonds is 6. The van der Waals surface area contributed by atoms with Gasteiger partial charge in [0.15, 0.2) is 0 Å². The normalized spacial score (nSPS) is 52.6. The van der Waals surface area contributed by atoms with Crippen molar-refractivity contribution in [1.82, 2.24) is 4.90 Å². The van der Waals surface area contributed by atoms with Crippen molar-refractivity contribution >= 4 is 5.97 Å². The van der Waals surface area contributed by atoms with Crippen LogP contribution < -0.4 is 0 Å². The van der Waals surface area contributed by atoms with Crippen LogP contribution in [0.15, 0.2) is 0 Å². The van der Waals surface area contributed by atoms with E-state index in [4.69, 9.17) is 14.2 Å². The zero-order chi connectivity index (χ0) is 32.5. The number of carbonyl (C=O) groups excluding carboxylic acids is 1. The van der Waals surface area contributed by atoms with Gasteiger partial charge < -0.3 is 24.4 Å². The summed E-state index contributed by atoms with van der Waals surface area (Å²) in [7, 11) is 2.05. The van der Waals surface area contributed by atoms with Gasteiger partial charge in [0.2, 0.25) is 0 Å². The fourth-order valence-corrected chi connectivity index (χ4v) is 14.1. The van der Waals surface area contributed by atoms with Gasteiger partial charge in [0.25, 0.3) is 0 Å². The number of likely N-dealkylation sites (N-methyl/N-ethyl adjacent to an activating group) is 1. The van der Waals surface area contributed by atoms with Crippen LogP contribution >= 0.6 is 0 Å². The van der Waals surface area contributed by atoms with E-state index in [9.17, 15) is 15.0 Å². The van der Waals surface area contributed by atoms with Crippen LogP contribution in [0.2, 0.25) is 0 Å². The van der Waals surface area contributed by atoms with Crippen molar-refractivity contribution in [2.45, 2.75) is 162 Å². The van der Waals surface area contributed by atoms with Gasteiger partial charge in [-0.15, -0.1) is 0 Å². The average Bonchev–Trinajstić information content (AvgIpc) is 3.36. The second kappa shape index (κ2) is 10.4. The van der Waals surface area contributed by atoms with E-state index in [0.29, 0.717) is 35.7 Å². The third-order valence-electron chi connectivity index (χ3n) is 16.2. The maximum absolute atomic E-state index is 13.3. The van der Waals surface area contributed by atoms with Gasteiger partial charge in [0.05, 0.1) is 23.9 Å². The first-order chi connectivity index (χ1) is 21.0. The Morgan fingerprint density at radius 3 is 2.38 bits per heavy atom. The van der Waals surface area contributed by atoms with Crippen LogP contribution in [-0.2, 0) is 19.0 Å². The van der Waals surface area contributed by atoms with Crippen LogP contribution in [-0.4, -0.2) is 83.4 Å². The lowest BCUT2D eigenvalue weighted by Gasteiger charge is -2.63. The molecule has 2 aliphatic heterocycles. The highest BCUT2D eigenvalue weighted by Gasteiger charge is 2.84. The maximum atomic E-state index is 13.3. The summed E-state index contributed by atoms with van der Waals surface area (Å²) in [6, 6.07) is -0.0838. The Morgan fingerprint density at radius 2 is 1.73 bits per heavy atom. The first kappa shape index (κ1) is 32.8. The molecule has 7 aliphatic rings. The number of esters is 1. The van der Waals surface area contributed by atoms with E-state index in [-0.39, 0.29) is 52.0 Å². The topological polar surface area (TPSA) is 88.5 Å². The molecule has 0 bridgehead atoms. The number of carbonyl (C=O) groups is 1. The second-order valence-electron chi connectivity index (χ2n) is 18.6. The number of fused-ring (bicyclic) bond motifs is 4. The summed E-state index contributed by atoms with van der Waals surface area (Å²) in [5.74, 6) is 1.67. The van der Waals surface area contributed by atoms with Crippen molar-refractivity contribution in [3.8, 4) is 0 Å². The van der Waals surface area contributed by atoms with Crippen molar-refractivity contribution in [1.29, 1.82) is 0 Å². The molecule has 0 radical (unpaired) electrons. The van der Waals surface area contributed by atoms with E-state index in [1.165, 1.54) is 12.8 Å². The number of nitrogens with zero attached hydrogens (tertiary/aromatic N) is 1. The van der Waals surface area contributed by atoms with E-state index in [1.807, 2.05) is 20.8 Å². The van der Waals surface area contributed by atoms with Crippen LogP contribution in [0.1, 0.15) is 120 Å². The molecule has 2 heterocycles. The van der Waals surface area contributed by atoms with Crippen molar-refractivity contribution in [3.05, 3.63) is 0 Å². The molecule has 7 fully saturated rings. The quantitative estimate of drug-likeness (QED) is 0.350. The molecule has 5 saturated carbocycles. The van der Waals surface area contributed by atoms with Crippen LogP contribution in [0.5, 0.6) is 0 Å². The van der Waals surface area contributed by atoms with Crippen LogP contribution in [0.3, 0.4) is 0 Å². The van der Waals surface area contributed by atoms with E-state index < -0.39 is 17.8 Å². The number of hydrogen-bond acceptors (Lipinski definition) is 7. The van der Waals surface area contributed by atoms with Gasteiger partial charge in [-0.2, -0.15) is 0 Å². The molecule has 7 nitrogen and oxygen atoms in total. The summed E-state index contributed by atoms with van der Waals surface area (Å²) < 4.78 is 19.5. The molecule has 256 valence electrons. The lowest BCUT2D eigenvalue weighted by molar-refractivity contribution is -0.215. The van der Waals surface area contributed by atoms with Gasteiger partial charge in [0.1, 0.15) is 18.2 Å². The van der Waals surface area contributed by atoms with Crippen molar-refractivity contribution in [2.24, 2.45) is 50.7 Å². The van der Waals surface area contributed by atoms with Gasteiger partial charge in [-0.05, 0) is 138 Å². The number of likely N-dealkylation sites (tertiary alicyclic amines) is 1. The Morgan fingerprint density at radius 1 is 1.04 bits per heavy atom. The molecule has 2 saturated heterocycles. The minimum atomic E-state index is -1.02. The summed E-state index contributed by atoms with van der Waals surface area (Å²) in [5, 5.41) is 23.6. The van der Waals surface area contributed by atoms with Crippen LogP contribution in [0.4, 0.5) is 0 Å². The second-order valence-corrected chi connectivity index (χ2v) is 18.6. The largest absolute Gasteiger partial charge is 0.461 e. The predicted molar refractivity (Wildman–Crippen MR) is 173 cm³/mol. The summed E-state index contributed by atoms with van der Waals surface area (Å²) in [6.45, 7) is 19.2. The third kappa shape index (κ3) is 4.21. The highest BCUT2D eigenvalue weighted by molar-refractivity contribution is 5.76. The molecule has 7 heteroatoms. The first-order valence-corrected chi connectivity index (χ1v) is 18.6.